The third-order valence-corrected chi connectivity index (χ3v) is 2.79. The van der Waals surface area contributed by atoms with E-state index in [9.17, 15) is 9.90 Å². The summed E-state index contributed by atoms with van der Waals surface area (Å²) in [5, 5.41) is 9.26. The lowest BCUT2D eigenvalue weighted by molar-refractivity contribution is -0.145. The summed E-state index contributed by atoms with van der Waals surface area (Å²) in [6.45, 7) is 3.64. The van der Waals surface area contributed by atoms with Crippen molar-refractivity contribution < 1.29 is 14.6 Å². The highest BCUT2D eigenvalue weighted by Gasteiger charge is 2.24. The maximum Gasteiger partial charge on any atom is 0.323 e. The normalized spacial score (nSPS) is 12.6. The number of carboxylic acid groups (broad SMARTS) is 1. The number of hydrogen-bond donors (Lipinski definition) is 1. The molecule has 1 unspecified atom stereocenters. The summed E-state index contributed by atoms with van der Waals surface area (Å²) >= 11 is 0. The van der Waals surface area contributed by atoms with E-state index in [1.54, 1.807) is 0 Å². The quantitative estimate of drug-likeness (QED) is 0.767. The molecule has 0 aliphatic rings. The zero-order valence-electron chi connectivity index (χ0n) is 11.0. The molecule has 1 aromatic carbocycles. The molecule has 0 saturated carbocycles. The molecule has 0 aliphatic carbocycles. The van der Waals surface area contributed by atoms with E-state index < -0.39 is 12.0 Å². The molecule has 0 saturated heterocycles. The van der Waals surface area contributed by atoms with Crippen molar-refractivity contribution in [2.75, 3.05) is 20.3 Å². The summed E-state index contributed by atoms with van der Waals surface area (Å²) in [5.41, 5.74) is 1.12. The Kier molecular flexibility index (Phi) is 6.39. The van der Waals surface area contributed by atoms with Gasteiger partial charge in [0.05, 0.1) is 6.61 Å². The Morgan fingerprint density at radius 2 is 2.06 bits per heavy atom. The van der Waals surface area contributed by atoms with Gasteiger partial charge in [-0.2, -0.15) is 0 Å². The molecule has 0 aromatic heterocycles. The van der Waals surface area contributed by atoms with E-state index in [2.05, 4.69) is 0 Å². The predicted octanol–water partition coefficient (Wildman–Crippen LogP) is 2.00. The Hall–Kier alpha value is -1.39. The second kappa shape index (κ2) is 7.84. The summed E-state index contributed by atoms with van der Waals surface area (Å²) < 4.78 is 5.01. The number of aliphatic carboxylic acids is 1. The molecule has 1 rings (SSSR count). The molecule has 0 aliphatic heterocycles. The van der Waals surface area contributed by atoms with Crippen LogP contribution >= 0.6 is 0 Å². The van der Waals surface area contributed by atoms with E-state index in [4.69, 9.17) is 4.74 Å². The molecule has 0 fully saturated rings. The van der Waals surface area contributed by atoms with Crippen molar-refractivity contribution in [3.05, 3.63) is 35.9 Å². The lowest BCUT2D eigenvalue weighted by Crippen LogP contribution is -2.44. The van der Waals surface area contributed by atoms with Gasteiger partial charge >= 0.3 is 5.97 Å². The number of rotatable bonds is 8. The first-order valence-electron chi connectivity index (χ1n) is 6.18. The van der Waals surface area contributed by atoms with E-state index in [0.717, 1.165) is 18.5 Å². The second-order valence-electron chi connectivity index (χ2n) is 4.27. The van der Waals surface area contributed by atoms with Gasteiger partial charge in [-0.1, -0.05) is 37.3 Å². The van der Waals surface area contributed by atoms with Crippen molar-refractivity contribution in [3.63, 3.8) is 0 Å². The predicted molar refractivity (Wildman–Crippen MR) is 70.4 cm³/mol. The molecule has 0 bridgehead atoms. The fourth-order valence-electron chi connectivity index (χ4n) is 1.94. The first-order valence-corrected chi connectivity index (χ1v) is 6.18. The monoisotopic (exact) mass is 251 g/mol. The molecule has 1 aromatic rings. The Labute approximate surface area is 108 Å². The van der Waals surface area contributed by atoms with Gasteiger partial charge < -0.3 is 9.84 Å². The summed E-state index contributed by atoms with van der Waals surface area (Å²) in [5.74, 6) is -0.832. The highest BCUT2D eigenvalue weighted by Crippen LogP contribution is 2.10. The van der Waals surface area contributed by atoms with E-state index >= 15 is 0 Å². The van der Waals surface area contributed by atoms with Crippen molar-refractivity contribution in [1.82, 2.24) is 4.90 Å². The molecule has 1 atom stereocenters. The second-order valence-corrected chi connectivity index (χ2v) is 4.27. The highest BCUT2D eigenvalue weighted by atomic mass is 16.5. The summed E-state index contributed by atoms with van der Waals surface area (Å²) in [4.78, 5) is 13.2. The minimum absolute atomic E-state index is 0.210. The van der Waals surface area contributed by atoms with E-state index in [-0.39, 0.29) is 6.61 Å². The number of carbonyl (C=O) groups is 1. The number of hydrogen-bond acceptors (Lipinski definition) is 3. The van der Waals surface area contributed by atoms with Crippen LogP contribution in [0.3, 0.4) is 0 Å². The average molecular weight is 251 g/mol. The maximum absolute atomic E-state index is 11.3. The zero-order valence-corrected chi connectivity index (χ0v) is 11.0. The lowest BCUT2D eigenvalue weighted by atomic mass is 10.1. The first-order chi connectivity index (χ1) is 8.69. The number of ether oxygens (including phenoxy) is 1. The Balaban J connectivity index is 2.76. The molecule has 18 heavy (non-hydrogen) atoms. The number of nitrogens with zero attached hydrogens (tertiary/aromatic N) is 1. The molecule has 100 valence electrons. The van der Waals surface area contributed by atoms with Gasteiger partial charge in [0.2, 0.25) is 0 Å². The average Bonchev–Trinajstić information content (AvgIpc) is 2.36. The lowest BCUT2D eigenvalue weighted by Gasteiger charge is -2.28. The van der Waals surface area contributed by atoms with E-state index in [1.165, 1.54) is 7.11 Å². The molecular formula is C14H21NO3. The summed E-state index contributed by atoms with van der Waals surface area (Å²) in [6.07, 6.45) is 0.917. The van der Waals surface area contributed by atoms with Crippen LogP contribution in [-0.4, -0.2) is 42.3 Å². The van der Waals surface area contributed by atoms with Crippen LogP contribution in [0, 0.1) is 0 Å². The standard InChI is InChI=1S/C14H21NO3/c1-3-9-15(13(11-18-2)14(16)17)10-12-7-5-4-6-8-12/h4-8,13H,3,9-11H2,1-2H3,(H,16,17). The van der Waals surface area contributed by atoms with Crippen LogP contribution in [0.25, 0.3) is 0 Å². The van der Waals surface area contributed by atoms with Crippen LogP contribution < -0.4 is 0 Å². The van der Waals surface area contributed by atoms with Gasteiger partial charge in [0, 0.05) is 13.7 Å². The maximum atomic E-state index is 11.3. The van der Waals surface area contributed by atoms with Crippen molar-refractivity contribution in [2.45, 2.75) is 25.9 Å². The third-order valence-electron chi connectivity index (χ3n) is 2.79. The SMILES string of the molecule is CCCN(Cc1ccccc1)C(COC)C(=O)O. The van der Waals surface area contributed by atoms with Crippen molar-refractivity contribution >= 4 is 5.97 Å². The fraction of sp³-hybridized carbons (Fsp3) is 0.500. The zero-order chi connectivity index (χ0) is 13.4. The molecule has 0 radical (unpaired) electrons. The number of benzene rings is 1. The summed E-state index contributed by atoms with van der Waals surface area (Å²) in [6, 6.07) is 9.31. The van der Waals surface area contributed by atoms with Crippen LogP contribution in [0.1, 0.15) is 18.9 Å². The van der Waals surface area contributed by atoms with Crippen LogP contribution in [-0.2, 0) is 16.1 Å². The molecular weight excluding hydrogens is 230 g/mol. The topological polar surface area (TPSA) is 49.8 Å². The highest BCUT2D eigenvalue weighted by molar-refractivity contribution is 5.73. The van der Waals surface area contributed by atoms with Gasteiger partial charge in [-0.15, -0.1) is 0 Å². The number of methoxy groups -OCH3 is 1. The van der Waals surface area contributed by atoms with Gasteiger partial charge in [-0.25, -0.2) is 0 Å². The smallest absolute Gasteiger partial charge is 0.323 e. The van der Waals surface area contributed by atoms with E-state index in [1.807, 2.05) is 42.2 Å². The van der Waals surface area contributed by atoms with Crippen LogP contribution in [0.4, 0.5) is 0 Å². The van der Waals surface area contributed by atoms with Gasteiger partial charge in [-0.3, -0.25) is 9.69 Å². The molecule has 0 amide bonds. The third kappa shape index (κ3) is 4.47. The van der Waals surface area contributed by atoms with Crippen molar-refractivity contribution in [1.29, 1.82) is 0 Å². The Bertz CT molecular complexity index is 353. The van der Waals surface area contributed by atoms with E-state index in [0.29, 0.717) is 6.54 Å². The number of carboxylic acids is 1. The van der Waals surface area contributed by atoms with Gasteiger partial charge in [0.25, 0.3) is 0 Å². The van der Waals surface area contributed by atoms with Crippen molar-refractivity contribution in [2.24, 2.45) is 0 Å². The first kappa shape index (κ1) is 14.7. The van der Waals surface area contributed by atoms with Gasteiger partial charge in [0.1, 0.15) is 6.04 Å². The molecule has 4 nitrogen and oxygen atoms in total. The largest absolute Gasteiger partial charge is 0.480 e. The Morgan fingerprint density at radius 3 is 2.56 bits per heavy atom. The summed E-state index contributed by atoms with van der Waals surface area (Å²) in [7, 11) is 1.53. The minimum atomic E-state index is -0.832. The molecule has 0 heterocycles. The fourth-order valence-corrected chi connectivity index (χ4v) is 1.94. The van der Waals surface area contributed by atoms with Gasteiger partial charge in [0.15, 0.2) is 0 Å². The van der Waals surface area contributed by atoms with Crippen LogP contribution in [0.2, 0.25) is 0 Å². The van der Waals surface area contributed by atoms with Gasteiger partial charge in [-0.05, 0) is 18.5 Å². The molecule has 1 N–H and O–H groups in total. The Morgan fingerprint density at radius 1 is 1.39 bits per heavy atom. The minimum Gasteiger partial charge on any atom is -0.480 e. The van der Waals surface area contributed by atoms with Crippen LogP contribution in [0.15, 0.2) is 30.3 Å². The van der Waals surface area contributed by atoms with Crippen molar-refractivity contribution in [3.8, 4) is 0 Å². The molecule has 4 heteroatoms. The van der Waals surface area contributed by atoms with Crippen LogP contribution in [0.5, 0.6) is 0 Å². The molecule has 0 spiro atoms.